The van der Waals surface area contributed by atoms with E-state index in [0.717, 1.165) is 4.47 Å². The van der Waals surface area contributed by atoms with Gasteiger partial charge in [0.1, 0.15) is 11.5 Å². The highest BCUT2D eigenvalue weighted by Gasteiger charge is 2.13. The summed E-state index contributed by atoms with van der Waals surface area (Å²) in [6.07, 6.45) is 0.0482. The minimum atomic E-state index is -0.443. The summed E-state index contributed by atoms with van der Waals surface area (Å²) in [5.41, 5.74) is 3.88. The quantitative estimate of drug-likeness (QED) is 0.515. The lowest BCUT2D eigenvalue weighted by molar-refractivity contribution is -0.115. The van der Waals surface area contributed by atoms with E-state index in [1.807, 2.05) is 12.1 Å². The molecule has 0 aliphatic heterocycles. The van der Waals surface area contributed by atoms with Crippen LogP contribution in [-0.4, -0.2) is 31.7 Å². The molecule has 27 heavy (non-hydrogen) atoms. The number of nitrogens with one attached hydrogen (secondary N) is 2. The third-order valence-electron chi connectivity index (χ3n) is 3.53. The summed E-state index contributed by atoms with van der Waals surface area (Å²) >= 11 is 3.35. The lowest BCUT2D eigenvalue weighted by atomic mass is 10.2. The van der Waals surface area contributed by atoms with E-state index < -0.39 is 5.91 Å². The minimum Gasteiger partial charge on any atom is -0.497 e. The maximum Gasteiger partial charge on any atom is 0.275 e. The van der Waals surface area contributed by atoms with E-state index >= 15 is 0 Å². The molecule has 2 amide bonds. The van der Waals surface area contributed by atoms with E-state index in [9.17, 15) is 9.59 Å². The number of carbonyl (C=O) groups is 2. The van der Waals surface area contributed by atoms with Crippen LogP contribution in [0.4, 0.5) is 5.69 Å². The van der Waals surface area contributed by atoms with Gasteiger partial charge in [-0.1, -0.05) is 22.0 Å². The fourth-order valence-corrected chi connectivity index (χ4v) is 2.64. The molecule has 0 aliphatic carbocycles. The van der Waals surface area contributed by atoms with Gasteiger partial charge in [-0.2, -0.15) is 5.10 Å². The van der Waals surface area contributed by atoms with E-state index in [-0.39, 0.29) is 12.3 Å². The summed E-state index contributed by atoms with van der Waals surface area (Å²) in [5.74, 6) is 0.270. The second-order valence-corrected chi connectivity index (χ2v) is 6.51. The predicted octanol–water partition coefficient (Wildman–Crippen LogP) is 3.60. The first-order valence-electron chi connectivity index (χ1n) is 8.04. The highest BCUT2D eigenvalue weighted by molar-refractivity contribution is 9.10. The van der Waals surface area contributed by atoms with Gasteiger partial charge in [0, 0.05) is 21.9 Å². The molecule has 0 saturated carbocycles. The summed E-state index contributed by atoms with van der Waals surface area (Å²) < 4.78 is 11.2. The van der Waals surface area contributed by atoms with Gasteiger partial charge in [0.05, 0.1) is 26.2 Å². The summed E-state index contributed by atoms with van der Waals surface area (Å²) in [7, 11) is 2.99. The molecule has 2 rings (SSSR count). The maximum atomic E-state index is 12.3. The normalized spacial score (nSPS) is 10.9. The zero-order valence-corrected chi connectivity index (χ0v) is 16.8. The Bertz CT molecular complexity index is 868. The Morgan fingerprint density at radius 2 is 1.89 bits per heavy atom. The van der Waals surface area contributed by atoms with Crippen LogP contribution in [0.5, 0.6) is 11.5 Å². The molecule has 0 heterocycles. The molecule has 0 saturated heterocycles. The molecule has 7 nitrogen and oxygen atoms in total. The first-order valence-corrected chi connectivity index (χ1v) is 8.83. The number of hydrogen-bond donors (Lipinski definition) is 2. The van der Waals surface area contributed by atoms with Crippen molar-refractivity contribution < 1.29 is 19.1 Å². The van der Waals surface area contributed by atoms with E-state index in [1.54, 1.807) is 37.3 Å². The number of hydrogen-bond acceptors (Lipinski definition) is 5. The van der Waals surface area contributed by atoms with Crippen molar-refractivity contribution in [3.8, 4) is 11.5 Å². The Balaban J connectivity index is 1.96. The van der Waals surface area contributed by atoms with Crippen molar-refractivity contribution in [3.63, 3.8) is 0 Å². The SMILES string of the molecule is COc1ccc(C(=O)N/N=C(/C)CC(=O)Nc2cccc(Br)c2)c(OC)c1. The largest absolute Gasteiger partial charge is 0.497 e. The van der Waals surface area contributed by atoms with E-state index in [4.69, 9.17) is 9.47 Å². The fraction of sp³-hybridized carbons (Fsp3) is 0.211. The van der Waals surface area contributed by atoms with Crippen LogP contribution >= 0.6 is 15.9 Å². The van der Waals surface area contributed by atoms with Crippen molar-refractivity contribution in [2.75, 3.05) is 19.5 Å². The smallest absolute Gasteiger partial charge is 0.275 e. The van der Waals surface area contributed by atoms with Crippen LogP contribution < -0.4 is 20.2 Å². The summed E-state index contributed by atoms with van der Waals surface area (Å²) in [4.78, 5) is 24.4. The second-order valence-electron chi connectivity index (χ2n) is 5.59. The fourth-order valence-electron chi connectivity index (χ4n) is 2.24. The number of nitrogens with zero attached hydrogens (tertiary/aromatic N) is 1. The van der Waals surface area contributed by atoms with Crippen LogP contribution in [0.15, 0.2) is 52.0 Å². The number of amides is 2. The first kappa shape index (κ1) is 20.4. The zero-order valence-electron chi connectivity index (χ0n) is 15.2. The molecule has 0 fully saturated rings. The highest BCUT2D eigenvalue weighted by Crippen LogP contribution is 2.24. The molecule has 142 valence electrons. The monoisotopic (exact) mass is 433 g/mol. The van der Waals surface area contributed by atoms with E-state index in [0.29, 0.717) is 28.5 Å². The van der Waals surface area contributed by atoms with Gasteiger partial charge in [0.2, 0.25) is 5.91 Å². The Morgan fingerprint density at radius 3 is 2.56 bits per heavy atom. The van der Waals surface area contributed by atoms with Crippen molar-refractivity contribution in [3.05, 3.63) is 52.5 Å². The van der Waals surface area contributed by atoms with Gasteiger partial charge in [0.15, 0.2) is 0 Å². The van der Waals surface area contributed by atoms with Gasteiger partial charge in [0.25, 0.3) is 5.91 Å². The molecule has 0 bridgehead atoms. The maximum absolute atomic E-state index is 12.3. The van der Waals surface area contributed by atoms with E-state index in [2.05, 4.69) is 31.8 Å². The van der Waals surface area contributed by atoms with Crippen molar-refractivity contribution in [1.82, 2.24) is 5.43 Å². The van der Waals surface area contributed by atoms with Gasteiger partial charge in [-0.05, 0) is 37.3 Å². The number of carbonyl (C=O) groups excluding carboxylic acids is 2. The molecule has 0 aromatic heterocycles. The summed E-state index contributed by atoms with van der Waals surface area (Å²) in [6.45, 7) is 1.66. The molecule has 2 N–H and O–H groups in total. The third kappa shape index (κ3) is 6.10. The topological polar surface area (TPSA) is 89.0 Å². The number of rotatable bonds is 7. The molecule has 2 aromatic carbocycles. The molecule has 2 aromatic rings. The molecule has 0 unspecified atom stereocenters. The van der Waals surface area contributed by atoms with Crippen molar-refractivity contribution in [2.45, 2.75) is 13.3 Å². The molecular weight excluding hydrogens is 414 g/mol. The highest BCUT2D eigenvalue weighted by atomic mass is 79.9. The molecular formula is C19H20BrN3O4. The average molecular weight is 434 g/mol. The molecule has 0 radical (unpaired) electrons. The van der Waals surface area contributed by atoms with Crippen LogP contribution in [0.1, 0.15) is 23.7 Å². The number of hydrazone groups is 1. The van der Waals surface area contributed by atoms with Crippen LogP contribution in [0.3, 0.4) is 0 Å². The van der Waals surface area contributed by atoms with Crippen LogP contribution in [0.25, 0.3) is 0 Å². The van der Waals surface area contributed by atoms with Crippen LogP contribution in [-0.2, 0) is 4.79 Å². The molecule has 0 aliphatic rings. The minimum absolute atomic E-state index is 0.0482. The molecule has 0 spiro atoms. The number of methoxy groups -OCH3 is 2. The Morgan fingerprint density at radius 1 is 1.11 bits per heavy atom. The predicted molar refractivity (Wildman–Crippen MR) is 108 cm³/mol. The molecule has 8 heteroatoms. The van der Waals surface area contributed by atoms with Crippen molar-refractivity contribution >= 4 is 39.1 Å². The second kappa shape index (κ2) is 9.72. The van der Waals surface area contributed by atoms with Gasteiger partial charge in [-0.25, -0.2) is 5.43 Å². The van der Waals surface area contributed by atoms with Gasteiger partial charge >= 0.3 is 0 Å². The van der Waals surface area contributed by atoms with Crippen molar-refractivity contribution in [2.24, 2.45) is 5.10 Å². The Hall–Kier alpha value is -2.87. The zero-order chi connectivity index (χ0) is 19.8. The van der Waals surface area contributed by atoms with Crippen LogP contribution in [0.2, 0.25) is 0 Å². The van der Waals surface area contributed by atoms with Gasteiger partial charge in [-0.15, -0.1) is 0 Å². The lowest BCUT2D eigenvalue weighted by Gasteiger charge is -2.09. The van der Waals surface area contributed by atoms with Gasteiger partial charge < -0.3 is 14.8 Å². The third-order valence-corrected chi connectivity index (χ3v) is 4.02. The summed E-state index contributed by atoms with van der Waals surface area (Å²) in [6, 6.07) is 12.1. The van der Waals surface area contributed by atoms with Crippen LogP contribution in [0, 0.1) is 0 Å². The number of ether oxygens (including phenoxy) is 2. The lowest BCUT2D eigenvalue weighted by Crippen LogP contribution is -2.22. The van der Waals surface area contributed by atoms with Crippen molar-refractivity contribution in [1.29, 1.82) is 0 Å². The Labute approximate surface area is 165 Å². The number of benzene rings is 2. The first-order chi connectivity index (χ1) is 12.9. The van der Waals surface area contributed by atoms with E-state index in [1.165, 1.54) is 14.2 Å². The summed E-state index contributed by atoms with van der Waals surface area (Å²) in [5, 5.41) is 6.75. The average Bonchev–Trinajstić information content (AvgIpc) is 2.65. The number of halogens is 1. The van der Waals surface area contributed by atoms with Gasteiger partial charge in [-0.3, -0.25) is 9.59 Å². The number of anilines is 1. The molecule has 0 atom stereocenters. The standard InChI is InChI=1S/C19H20BrN3O4/c1-12(9-18(24)21-14-6-4-5-13(20)10-14)22-23-19(25)16-8-7-15(26-2)11-17(16)27-3/h4-8,10-11H,9H2,1-3H3,(H,21,24)(H,23,25)/b22-12-. The Kier molecular flexibility index (Phi) is 7.36.